The number of hydrogen-bond donors (Lipinski definition) is 1. The second-order valence-electron chi connectivity index (χ2n) is 4.39. The van der Waals surface area contributed by atoms with E-state index in [0.717, 1.165) is 25.3 Å². The largest absolute Gasteiger partial charge is 0.339 e. The molecule has 16 heavy (non-hydrogen) atoms. The van der Waals surface area contributed by atoms with Gasteiger partial charge in [-0.1, -0.05) is 13.8 Å². The minimum Gasteiger partial charge on any atom is -0.339 e. The molecule has 0 spiro atoms. The van der Waals surface area contributed by atoms with Crippen molar-refractivity contribution >= 4 is 29.4 Å². The van der Waals surface area contributed by atoms with Crippen LogP contribution in [0.5, 0.6) is 0 Å². The van der Waals surface area contributed by atoms with Gasteiger partial charge in [-0.3, -0.25) is 4.79 Å². The molecular weight excluding hydrogens is 240 g/mol. The number of nitrogens with zero attached hydrogens (tertiary/aromatic N) is 1. The summed E-state index contributed by atoms with van der Waals surface area (Å²) in [5.74, 6) is 1.09. The number of rotatable bonds is 4. The number of carbonyl (C=O) groups excluding carboxylic acids is 1. The van der Waals surface area contributed by atoms with Gasteiger partial charge in [-0.15, -0.1) is 0 Å². The van der Waals surface area contributed by atoms with E-state index in [1.54, 1.807) is 11.8 Å². The van der Waals surface area contributed by atoms with E-state index in [1.807, 2.05) is 22.9 Å². The molecule has 0 saturated carbocycles. The molecule has 0 bridgehead atoms. The minimum absolute atomic E-state index is 0.132. The third kappa shape index (κ3) is 4.18. The monoisotopic (exact) mass is 262 g/mol. The summed E-state index contributed by atoms with van der Waals surface area (Å²) < 4.78 is 0. The fraction of sp³-hybridized carbons (Fsp3) is 0.909. The zero-order chi connectivity index (χ0) is 12.1. The summed E-state index contributed by atoms with van der Waals surface area (Å²) in [4.78, 5) is 14.0. The van der Waals surface area contributed by atoms with Crippen molar-refractivity contribution in [3.8, 4) is 0 Å². The predicted molar refractivity (Wildman–Crippen MR) is 74.1 cm³/mol. The van der Waals surface area contributed by atoms with Gasteiger partial charge < -0.3 is 10.6 Å². The highest BCUT2D eigenvalue weighted by atomic mass is 32.2. The van der Waals surface area contributed by atoms with Crippen molar-refractivity contribution < 1.29 is 4.79 Å². The highest BCUT2D eigenvalue weighted by molar-refractivity contribution is 8.00. The molecule has 1 fully saturated rings. The Bertz CT molecular complexity index is 228. The van der Waals surface area contributed by atoms with Crippen molar-refractivity contribution in [1.29, 1.82) is 0 Å². The molecule has 2 N–H and O–H groups in total. The molecule has 1 aliphatic rings. The van der Waals surface area contributed by atoms with Crippen LogP contribution in [0.1, 0.15) is 20.3 Å². The van der Waals surface area contributed by atoms with Crippen LogP contribution in [-0.2, 0) is 4.79 Å². The maximum Gasteiger partial charge on any atom is 0.239 e. The molecule has 1 rings (SSSR count). The number of thioether (sulfide) groups is 2. The van der Waals surface area contributed by atoms with E-state index >= 15 is 0 Å². The molecular formula is C11H22N2OS2. The molecule has 5 heteroatoms. The number of amides is 1. The van der Waals surface area contributed by atoms with Crippen molar-refractivity contribution in [2.75, 3.05) is 25.1 Å². The van der Waals surface area contributed by atoms with E-state index in [9.17, 15) is 4.79 Å². The van der Waals surface area contributed by atoms with Crippen LogP contribution >= 0.6 is 23.5 Å². The van der Waals surface area contributed by atoms with Gasteiger partial charge in [-0.05, 0) is 18.4 Å². The van der Waals surface area contributed by atoms with Gasteiger partial charge in [0.2, 0.25) is 5.91 Å². The average Bonchev–Trinajstić information content (AvgIpc) is 2.23. The second kappa shape index (κ2) is 6.77. The van der Waals surface area contributed by atoms with Crippen LogP contribution in [-0.4, -0.2) is 52.4 Å². The van der Waals surface area contributed by atoms with E-state index < -0.39 is 0 Å². The SMILES string of the molecule is CSCC[C@@H](N)C(=O)N1CC(C)SC(C)C1. The Balaban J connectivity index is 2.45. The van der Waals surface area contributed by atoms with Gasteiger partial charge >= 0.3 is 0 Å². The Hall–Kier alpha value is 0.130. The van der Waals surface area contributed by atoms with Crippen LogP contribution in [0.2, 0.25) is 0 Å². The topological polar surface area (TPSA) is 46.3 Å². The number of nitrogens with two attached hydrogens (primary N) is 1. The summed E-state index contributed by atoms with van der Waals surface area (Å²) in [5, 5.41) is 1.06. The standard InChI is InChI=1S/C11H22N2OS2/c1-8-6-13(7-9(2)16-8)11(14)10(12)4-5-15-3/h8-10H,4-7,12H2,1-3H3/t8?,9?,10-/m1/s1. The molecule has 94 valence electrons. The Morgan fingerprint density at radius 1 is 1.50 bits per heavy atom. The lowest BCUT2D eigenvalue weighted by molar-refractivity contribution is -0.132. The van der Waals surface area contributed by atoms with Crippen molar-refractivity contribution in [1.82, 2.24) is 4.90 Å². The summed E-state index contributed by atoms with van der Waals surface area (Å²) >= 11 is 3.69. The molecule has 0 radical (unpaired) electrons. The van der Waals surface area contributed by atoms with Gasteiger partial charge in [0.25, 0.3) is 0 Å². The van der Waals surface area contributed by atoms with Gasteiger partial charge in [0.1, 0.15) is 0 Å². The molecule has 1 aliphatic heterocycles. The molecule has 2 unspecified atom stereocenters. The normalized spacial score (nSPS) is 27.9. The fourth-order valence-electron chi connectivity index (χ4n) is 1.96. The highest BCUT2D eigenvalue weighted by Gasteiger charge is 2.28. The Morgan fingerprint density at radius 3 is 2.56 bits per heavy atom. The maximum absolute atomic E-state index is 12.1. The molecule has 1 heterocycles. The summed E-state index contributed by atoms with van der Waals surface area (Å²) in [5.41, 5.74) is 5.91. The van der Waals surface area contributed by atoms with E-state index in [-0.39, 0.29) is 11.9 Å². The van der Waals surface area contributed by atoms with Crippen LogP contribution < -0.4 is 5.73 Å². The van der Waals surface area contributed by atoms with Crippen LogP contribution in [0, 0.1) is 0 Å². The van der Waals surface area contributed by atoms with Crippen LogP contribution in [0.4, 0.5) is 0 Å². The molecule has 0 aromatic carbocycles. The molecule has 1 amide bonds. The van der Waals surface area contributed by atoms with E-state index in [4.69, 9.17) is 5.73 Å². The number of carbonyl (C=O) groups is 1. The molecule has 0 aromatic heterocycles. The van der Waals surface area contributed by atoms with Crippen molar-refractivity contribution in [3.05, 3.63) is 0 Å². The van der Waals surface area contributed by atoms with Crippen LogP contribution in [0.25, 0.3) is 0 Å². The van der Waals surface area contributed by atoms with Crippen molar-refractivity contribution in [2.45, 2.75) is 36.8 Å². The van der Waals surface area contributed by atoms with Crippen molar-refractivity contribution in [3.63, 3.8) is 0 Å². The molecule has 3 atom stereocenters. The third-order valence-electron chi connectivity index (χ3n) is 2.68. The fourth-order valence-corrected chi connectivity index (χ4v) is 3.78. The van der Waals surface area contributed by atoms with E-state index in [2.05, 4.69) is 13.8 Å². The predicted octanol–water partition coefficient (Wildman–Crippen LogP) is 1.42. The zero-order valence-electron chi connectivity index (χ0n) is 10.3. The first kappa shape index (κ1) is 14.2. The Kier molecular flexibility index (Phi) is 6.00. The van der Waals surface area contributed by atoms with Crippen LogP contribution in [0.3, 0.4) is 0 Å². The summed E-state index contributed by atoms with van der Waals surface area (Å²) in [6.07, 6.45) is 2.82. The zero-order valence-corrected chi connectivity index (χ0v) is 11.9. The lowest BCUT2D eigenvalue weighted by atomic mass is 10.2. The lowest BCUT2D eigenvalue weighted by Crippen LogP contribution is -2.50. The van der Waals surface area contributed by atoms with Gasteiger partial charge in [0, 0.05) is 23.6 Å². The molecule has 0 aliphatic carbocycles. The summed E-state index contributed by atoms with van der Waals surface area (Å²) in [7, 11) is 0. The lowest BCUT2D eigenvalue weighted by Gasteiger charge is -2.36. The van der Waals surface area contributed by atoms with Gasteiger partial charge in [-0.2, -0.15) is 23.5 Å². The first-order chi connectivity index (χ1) is 7.54. The van der Waals surface area contributed by atoms with E-state index in [0.29, 0.717) is 10.5 Å². The molecule has 3 nitrogen and oxygen atoms in total. The average molecular weight is 262 g/mol. The van der Waals surface area contributed by atoms with E-state index in [1.165, 1.54) is 0 Å². The first-order valence-electron chi connectivity index (χ1n) is 5.73. The minimum atomic E-state index is -0.310. The summed E-state index contributed by atoms with van der Waals surface area (Å²) in [6, 6.07) is -0.310. The van der Waals surface area contributed by atoms with Crippen molar-refractivity contribution in [2.24, 2.45) is 5.73 Å². The maximum atomic E-state index is 12.1. The summed E-state index contributed by atoms with van der Waals surface area (Å²) in [6.45, 7) is 6.05. The van der Waals surface area contributed by atoms with Gasteiger partial charge in [-0.25, -0.2) is 0 Å². The third-order valence-corrected chi connectivity index (χ3v) is 4.55. The highest BCUT2D eigenvalue weighted by Crippen LogP contribution is 2.25. The molecule has 1 saturated heterocycles. The van der Waals surface area contributed by atoms with Crippen LogP contribution in [0.15, 0.2) is 0 Å². The number of hydrogen-bond acceptors (Lipinski definition) is 4. The smallest absolute Gasteiger partial charge is 0.239 e. The Labute approximate surface area is 107 Å². The Morgan fingerprint density at radius 2 is 2.06 bits per heavy atom. The second-order valence-corrected chi connectivity index (χ2v) is 7.26. The van der Waals surface area contributed by atoms with Gasteiger partial charge in [0.15, 0.2) is 0 Å². The first-order valence-corrected chi connectivity index (χ1v) is 8.07. The van der Waals surface area contributed by atoms with Gasteiger partial charge in [0.05, 0.1) is 6.04 Å². The quantitative estimate of drug-likeness (QED) is 0.832. The molecule has 0 aromatic rings.